The maximum atomic E-state index is 4.29. The lowest BCUT2D eigenvalue weighted by Gasteiger charge is -2.18. The Bertz CT molecular complexity index is 693. The van der Waals surface area contributed by atoms with Crippen LogP contribution in [0.1, 0.15) is 37.7 Å². The number of aliphatic imine (C=N–C) groups is 1. The summed E-state index contributed by atoms with van der Waals surface area (Å²) in [6, 6.07) is 8.79. The molecule has 0 amide bonds. The molecule has 0 radical (unpaired) electrons. The topological polar surface area (TPSA) is 70.4 Å². The fourth-order valence-corrected chi connectivity index (χ4v) is 2.91. The SMILES string of the molecule is CCc1nncn1CCNC(=NC)NCc1ccc(CN(CC)CC)cc1.I. The highest BCUT2D eigenvalue weighted by molar-refractivity contribution is 14.0. The van der Waals surface area contributed by atoms with E-state index in [1.54, 1.807) is 13.4 Å². The Morgan fingerprint density at radius 2 is 1.75 bits per heavy atom. The fourth-order valence-electron chi connectivity index (χ4n) is 2.91. The van der Waals surface area contributed by atoms with Crippen LogP contribution in [-0.2, 0) is 26.1 Å². The number of hydrogen-bond acceptors (Lipinski definition) is 4. The van der Waals surface area contributed by atoms with Gasteiger partial charge in [-0.05, 0) is 24.2 Å². The van der Waals surface area contributed by atoms with Gasteiger partial charge in [0.05, 0.1) is 0 Å². The summed E-state index contributed by atoms with van der Waals surface area (Å²) < 4.78 is 2.06. The molecular weight excluding hydrogens is 465 g/mol. The molecule has 0 aliphatic heterocycles. The molecule has 1 heterocycles. The number of aryl methyl sites for hydroxylation is 1. The second kappa shape index (κ2) is 13.5. The smallest absolute Gasteiger partial charge is 0.191 e. The van der Waals surface area contributed by atoms with Crippen molar-refractivity contribution in [2.45, 2.75) is 46.8 Å². The first-order valence-corrected chi connectivity index (χ1v) is 9.81. The van der Waals surface area contributed by atoms with Crippen molar-refractivity contribution in [1.82, 2.24) is 30.3 Å². The number of hydrogen-bond donors (Lipinski definition) is 2. The van der Waals surface area contributed by atoms with Crippen LogP contribution in [0.4, 0.5) is 0 Å². The largest absolute Gasteiger partial charge is 0.355 e. The Kier molecular flexibility index (Phi) is 11.7. The molecule has 2 aromatic rings. The molecule has 0 aliphatic rings. The lowest BCUT2D eigenvalue weighted by atomic mass is 10.1. The van der Waals surface area contributed by atoms with Crippen molar-refractivity contribution in [3.8, 4) is 0 Å². The van der Waals surface area contributed by atoms with Crippen LogP contribution < -0.4 is 10.6 Å². The zero-order valence-corrected chi connectivity index (χ0v) is 19.8. The highest BCUT2D eigenvalue weighted by Crippen LogP contribution is 2.07. The molecule has 0 unspecified atom stereocenters. The first-order chi connectivity index (χ1) is 13.2. The summed E-state index contributed by atoms with van der Waals surface area (Å²) in [5.41, 5.74) is 2.60. The molecule has 28 heavy (non-hydrogen) atoms. The second-order valence-corrected chi connectivity index (χ2v) is 6.42. The average molecular weight is 499 g/mol. The summed E-state index contributed by atoms with van der Waals surface area (Å²) in [5.74, 6) is 1.80. The van der Waals surface area contributed by atoms with E-state index < -0.39 is 0 Å². The Morgan fingerprint density at radius 3 is 2.36 bits per heavy atom. The van der Waals surface area contributed by atoms with Crippen LogP contribution in [0.15, 0.2) is 35.6 Å². The highest BCUT2D eigenvalue weighted by Gasteiger charge is 2.04. The van der Waals surface area contributed by atoms with Gasteiger partial charge in [-0.3, -0.25) is 9.89 Å². The van der Waals surface area contributed by atoms with Crippen LogP contribution in [0.5, 0.6) is 0 Å². The van der Waals surface area contributed by atoms with Gasteiger partial charge in [-0.2, -0.15) is 0 Å². The summed E-state index contributed by atoms with van der Waals surface area (Å²) in [6.07, 6.45) is 2.66. The first-order valence-electron chi connectivity index (χ1n) is 9.81. The average Bonchev–Trinajstić information content (AvgIpc) is 3.17. The monoisotopic (exact) mass is 499 g/mol. The van der Waals surface area contributed by atoms with Gasteiger partial charge in [-0.25, -0.2) is 0 Å². The molecular formula is C20H34IN7. The van der Waals surface area contributed by atoms with E-state index in [2.05, 4.69) is 80.3 Å². The number of nitrogens with zero attached hydrogens (tertiary/aromatic N) is 5. The third kappa shape index (κ3) is 7.75. The van der Waals surface area contributed by atoms with Gasteiger partial charge in [-0.15, -0.1) is 34.2 Å². The molecule has 1 aromatic carbocycles. The van der Waals surface area contributed by atoms with Gasteiger partial charge < -0.3 is 15.2 Å². The van der Waals surface area contributed by atoms with Crippen LogP contribution >= 0.6 is 24.0 Å². The van der Waals surface area contributed by atoms with Crippen molar-refractivity contribution in [3.05, 3.63) is 47.5 Å². The van der Waals surface area contributed by atoms with Crippen LogP contribution in [0.3, 0.4) is 0 Å². The molecule has 7 nitrogen and oxygen atoms in total. The molecule has 156 valence electrons. The minimum absolute atomic E-state index is 0. The van der Waals surface area contributed by atoms with E-state index in [9.17, 15) is 0 Å². The number of guanidine groups is 1. The van der Waals surface area contributed by atoms with Gasteiger partial charge in [0.2, 0.25) is 0 Å². The van der Waals surface area contributed by atoms with Crippen molar-refractivity contribution in [1.29, 1.82) is 0 Å². The summed E-state index contributed by atoms with van der Waals surface area (Å²) in [6.45, 7) is 12.0. The summed E-state index contributed by atoms with van der Waals surface area (Å²) >= 11 is 0. The van der Waals surface area contributed by atoms with Crippen LogP contribution in [0, 0.1) is 0 Å². The van der Waals surface area contributed by atoms with Crippen LogP contribution in [0.2, 0.25) is 0 Å². The lowest BCUT2D eigenvalue weighted by Crippen LogP contribution is -2.38. The zero-order valence-electron chi connectivity index (χ0n) is 17.5. The number of aromatic nitrogens is 3. The van der Waals surface area contributed by atoms with Crippen LogP contribution in [0.25, 0.3) is 0 Å². The lowest BCUT2D eigenvalue weighted by molar-refractivity contribution is 0.296. The van der Waals surface area contributed by atoms with E-state index in [-0.39, 0.29) is 24.0 Å². The Labute approximate surface area is 186 Å². The molecule has 0 saturated carbocycles. The summed E-state index contributed by atoms with van der Waals surface area (Å²) in [5, 5.41) is 14.8. The highest BCUT2D eigenvalue weighted by atomic mass is 127. The molecule has 0 atom stereocenters. The predicted octanol–water partition coefficient (Wildman–Crippen LogP) is 2.67. The van der Waals surface area contributed by atoms with Gasteiger partial charge in [0, 0.05) is 39.6 Å². The second-order valence-electron chi connectivity index (χ2n) is 6.42. The van der Waals surface area contributed by atoms with E-state index in [1.807, 2.05) is 0 Å². The predicted molar refractivity (Wildman–Crippen MR) is 126 cm³/mol. The van der Waals surface area contributed by atoms with Crippen molar-refractivity contribution in [2.24, 2.45) is 4.99 Å². The van der Waals surface area contributed by atoms with Crippen molar-refractivity contribution < 1.29 is 0 Å². The van der Waals surface area contributed by atoms with Crippen molar-refractivity contribution in [3.63, 3.8) is 0 Å². The third-order valence-electron chi connectivity index (χ3n) is 4.66. The molecule has 2 rings (SSSR count). The number of benzene rings is 1. The van der Waals surface area contributed by atoms with E-state index in [0.29, 0.717) is 0 Å². The zero-order chi connectivity index (χ0) is 19.5. The Hall–Kier alpha value is -1.68. The molecule has 1 aromatic heterocycles. The molecule has 0 saturated heterocycles. The minimum atomic E-state index is 0. The van der Waals surface area contributed by atoms with Gasteiger partial charge >= 0.3 is 0 Å². The first kappa shape index (κ1) is 24.4. The molecule has 0 aliphatic carbocycles. The number of halogens is 1. The summed E-state index contributed by atoms with van der Waals surface area (Å²) in [7, 11) is 1.79. The fraction of sp³-hybridized carbons (Fsp3) is 0.550. The molecule has 0 bridgehead atoms. The number of nitrogens with one attached hydrogen (secondary N) is 2. The van der Waals surface area contributed by atoms with E-state index >= 15 is 0 Å². The molecule has 8 heteroatoms. The third-order valence-corrected chi connectivity index (χ3v) is 4.66. The Morgan fingerprint density at radius 1 is 1.07 bits per heavy atom. The molecule has 2 N–H and O–H groups in total. The van der Waals surface area contributed by atoms with E-state index in [0.717, 1.165) is 57.5 Å². The van der Waals surface area contributed by atoms with Crippen molar-refractivity contribution >= 4 is 29.9 Å². The van der Waals surface area contributed by atoms with Gasteiger partial charge in [0.15, 0.2) is 5.96 Å². The van der Waals surface area contributed by atoms with Gasteiger partial charge in [0.1, 0.15) is 12.2 Å². The maximum absolute atomic E-state index is 4.29. The molecule has 0 fully saturated rings. The van der Waals surface area contributed by atoms with Gasteiger partial charge in [-0.1, -0.05) is 45.0 Å². The standard InChI is InChI=1S/C20H33N7.HI/c1-5-19-25-24-16-27(19)13-12-22-20(21-4)23-14-17-8-10-18(11-9-17)15-26(6-2)7-3;/h8-11,16H,5-7,12-15H2,1-4H3,(H2,21,22,23);1H. The quantitative estimate of drug-likeness (QED) is 0.299. The Balaban J connectivity index is 0.00000392. The summed E-state index contributed by atoms with van der Waals surface area (Å²) in [4.78, 5) is 6.71. The van der Waals surface area contributed by atoms with Crippen molar-refractivity contribution in [2.75, 3.05) is 26.7 Å². The van der Waals surface area contributed by atoms with Gasteiger partial charge in [0.25, 0.3) is 0 Å². The maximum Gasteiger partial charge on any atom is 0.191 e. The van der Waals surface area contributed by atoms with E-state index in [4.69, 9.17) is 0 Å². The normalized spacial score (nSPS) is 11.4. The van der Waals surface area contributed by atoms with Crippen LogP contribution in [-0.4, -0.2) is 52.3 Å². The molecule has 0 spiro atoms. The number of rotatable bonds is 10. The minimum Gasteiger partial charge on any atom is -0.355 e. The van der Waals surface area contributed by atoms with E-state index in [1.165, 1.54) is 11.1 Å².